The summed E-state index contributed by atoms with van der Waals surface area (Å²) in [7, 11) is -3.22. The Morgan fingerprint density at radius 3 is 2.40 bits per heavy atom. The van der Waals surface area contributed by atoms with Crippen LogP contribution in [-0.2, 0) is 9.84 Å². The second-order valence-electron chi connectivity index (χ2n) is 5.79. The maximum atomic E-state index is 11.7. The average Bonchev–Trinajstić information content (AvgIpc) is 3.01. The van der Waals surface area contributed by atoms with E-state index in [1.807, 2.05) is 53.2 Å². The van der Waals surface area contributed by atoms with Crippen LogP contribution in [0.3, 0.4) is 0 Å². The molecule has 0 unspecified atom stereocenters. The first-order chi connectivity index (χ1) is 12.0. The zero-order valence-electron chi connectivity index (χ0n) is 13.5. The molecule has 0 fully saturated rings. The van der Waals surface area contributed by atoms with Crippen LogP contribution in [0.25, 0.3) is 27.9 Å². The highest BCUT2D eigenvalue weighted by Crippen LogP contribution is 2.35. The fourth-order valence-corrected chi connectivity index (χ4v) is 3.49. The van der Waals surface area contributed by atoms with Gasteiger partial charge in [-0.2, -0.15) is 5.10 Å². The van der Waals surface area contributed by atoms with Crippen LogP contribution in [0, 0.1) is 0 Å². The molecule has 1 aromatic carbocycles. The van der Waals surface area contributed by atoms with Gasteiger partial charge in [-0.15, -0.1) is 0 Å². The third-order valence-corrected chi connectivity index (χ3v) is 5.17. The molecule has 0 aliphatic heterocycles. The topological polar surface area (TPSA) is 64.3 Å². The molecule has 0 spiro atoms. The summed E-state index contributed by atoms with van der Waals surface area (Å²) in [6, 6.07) is 16.6. The number of sulfone groups is 1. The number of aromatic nitrogens is 3. The quantitative estimate of drug-likeness (QED) is 0.568. The lowest BCUT2D eigenvalue weighted by atomic mass is 10.0. The molecule has 0 bridgehead atoms. The van der Waals surface area contributed by atoms with Crippen molar-refractivity contribution < 1.29 is 8.42 Å². The number of fused-ring (bicyclic) bond motifs is 1. The van der Waals surface area contributed by atoms with E-state index in [1.54, 1.807) is 24.5 Å². The molecule has 0 aliphatic rings. The molecule has 124 valence electrons. The monoisotopic (exact) mass is 349 g/mol. The summed E-state index contributed by atoms with van der Waals surface area (Å²) in [5.74, 6) is 0. The molecule has 3 heterocycles. The highest BCUT2D eigenvalue weighted by molar-refractivity contribution is 7.90. The van der Waals surface area contributed by atoms with E-state index in [-0.39, 0.29) is 0 Å². The average molecular weight is 349 g/mol. The van der Waals surface area contributed by atoms with Gasteiger partial charge in [0.1, 0.15) is 5.69 Å². The molecule has 0 atom stereocenters. The first-order valence-electron chi connectivity index (χ1n) is 7.72. The van der Waals surface area contributed by atoms with Crippen molar-refractivity contribution in [2.45, 2.75) is 4.90 Å². The molecular formula is C19H15N3O2S. The standard InChI is InChI=1S/C19H15N3O2S/c1-25(23,24)16-9-7-14(8-10-16)18-17-6-2-3-12-22(17)21-19(18)15-5-4-11-20-13-15/h2-13H,1H3. The number of rotatable bonds is 3. The van der Waals surface area contributed by atoms with Crippen molar-refractivity contribution >= 4 is 15.4 Å². The van der Waals surface area contributed by atoms with Crippen molar-refractivity contribution in [2.75, 3.05) is 6.26 Å². The third-order valence-electron chi connectivity index (χ3n) is 4.05. The van der Waals surface area contributed by atoms with E-state index in [0.717, 1.165) is 27.9 Å². The number of nitrogens with zero attached hydrogens (tertiary/aromatic N) is 3. The van der Waals surface area contributed by atoms with E-state index in [1.165, 1.54) is 6.26 Å². The van der Waals surface area contributed by atoms with E-state index < -0.39 is 9.84 Å². The maximum absolute atomic E-state index is 11.7. The summed E-state index contributed by atoms with van der Waals surface area (Å²) in [5.41, 5.74) is 4.54. The first kappa shape index (κ1) is 15.5. The Labute approximate surface area is 145 Å². The lowest BCUT2D eigenvalue weighted by molar-refractivity contribution is 0.602. The van der Waals surface area contributed by atoms with Gasteiger partial charge in [-0.1, -0.05) is 18.2 Å². The maximum Gasteiger partial charge on any atom is 0.175 e. The van der Waals surface area contributed by atoms with Crippen LogP contribution in [0.5, 0.6) is 0 Å². The van der Waals surface area contributed by atoms with Gasteiger partial charge >= 0.3 is 0 Å². The molecule has 4 aromatic rings. The molecule has 0 aliphatic carbocycles. The Balaban J connectivity index is 1.97. The molecule has 0 amide bonds. The molecule has 3 aromatic heterocycles. The molecule has 0 saturated carbocycles. The van der Waals surface area contributed by atoms with Crippen LogP contribution in [-0.4, -0.2) is 29.3 Å². The van der Waals surface area contributed by atoms with Crippen molar-refractivity contribution in [1.82, 2.24) is 14.6 Å². The minimum absolute atomic E-state index is 0.302. The van der Waals surface area contributed by atoms with E-state index >= 15 is 0 Å². The Bertz CT molecular complexity index is 1150. The molecule has 25 heavy (non-hydrogen) atoms. The number of pyridine rings is 2. The van der Waals surface area contributed by atoms with Crippen LogP contribution in [0.15, 0.2) is 78.1 Å². The third kappa shape index (κ3) is 2.81. The lowest BCUT2D eigenvalue weighted by Crippen LogP contribution is -1.96. The highest BCUT2D eigenvalue weighted by Gasteiger charge is 2.17. The SMILES string of the molecule is CS(=O)(=O)c1ccc(-c2c(-c3cccnc3)nn3ccccc23)cc1. The number of hydrogen-bond acceptors (Lipinski definition) is 4. The van der Waals surface area contributed by atoms with Gasteiger partial charge in [-0.05, 0) is 42.0 Å². The van der Waals surface area contributed by atoms with Gasteiger partial charge in [0.2, 0.25) is 0 Å². The zero-order chi connectivity index (χ0) is 17.4. The molecule has 0 N–H and O–H groups in total. The van der Waals surface area contributed by atoms with Gasteiger partial charge in [0.05, 0.1) is 10.4 Å². The smallest absolute Gasteiger partial charge is 0.175 e. The summed E-state index contributed by atoms with van der Waals surface area (Å²) in [6.45, 7) is 0. The Hall–Kier alpha value is -2.99. The summed E-state index contributed by atoms with van der Waals surface area (Å²) in [5, 5.41) is 4.69. The van der Waals surface area contributed by atoms with Crippen LogP contribution >= 0.6 is 0 Å². The molecule has 0 saturated heterocycles. The van der Waals surface area contributed by atoms with Crippen molar-refractivity contribution in [3.05, 3.63) is 73.2 Å². The van der Waals surface area contributed by atoms with E-state index in [4.69, 9.17) is 0 Å². The molecule has 6 heteroatoms. The first-order valence-corrected chi connectivity index (χ1v) is 9.61. The fraction of sp³-hybridized carbons (Fsp3) is 0.0526. The predicted molar refractivity (Wildman–Crippen MR) is 97.0 cm³/mol. The lowest BCUT2D eigenvalue weighted by Gasteiger charge is -2.05. The van der Waals surface area contributed by atoms with Crippen molar-refractivity contribution in [3.63, 3.8) is 0 Å². The Morgan fingerprint density at radius 1 is 0.920 bits per heavy atom. The minimum atomic E-state index is -3.22. The summed E-state index contributed by atoms with van der Waals surface area (Å²) in [4.78, 5) is 4.49. The molecular weight excluding hydrogens is 334 g/mol. The second kappa shape index (κ2) is 5.82. The van der Waals surface area contributed by atoms with Crippen LogP contribution < -0.4 is 0 Å². The molecule has 0 radical (unpaired) electrons. The Morgan fingerprint density at radius 2 is 1.72 bits per heavy atom. The van der Waals surface area contributed by atoms with Crippen LogP contribution in [0.4, 0.5) is 0 Å². The van der Waals surface area contributed by atoms with Gasteiger partial charge in [-0.25, -0.2) is 12.9 Å². The summed E-state index contributed by atoms with van der Waals surface area (Å²) in [6.07, 6.45) is 6.60. The van der Waals surface area contributed by atoms with Gasteiger partial charge in [-0.3, -0.25) is 4.98 Å². The predicted octanol–water partition coefficient (Wildman–Crippen LogP) is 3.47. The largest absolute Gasteiger partial charge is 0.264 e. The van der Waals surface area contributed by atoms with E-state index in [9.17, 15) is 8.42 Å². The molecule has 5 nitrogen and oxygen atoms in total. The van der Waals surface area contributed by atoms with E-state index in [2.05, 4.69) is 10.1 Å². The summed E-state index contributed by atoms with van der Waals surface area (Å²) >= 11 is 0. The van der Waals surface area contributed by atoms with Gasteiger partial charge in [0.15, 0.2) is 9.84 Å². The number of benzene rings is 1. The minimum Gasteiger partial charge on any atom is -0.264 e. The van der Waals surface area contributed by atoms with Crippen molar-refractivity contribution in [3.8, 4) is 22.4 Å². The van der Waals surface area contributed by atoms with Gasteiger partial charge in [0, 0.05) is 36.0 Å². The van der Waals surface area contributed by atoms with E-state index in [0.29, 0.717) is 4.90 Å². The zero-order valence-corrected chi connectivity index (χ0v) is 14.3. The van der Waals surface area contributed by atoms with Gasteiger partial charge in [0.25, 0.3) is 0 Å². The Kier molecular flexibility index (Phi) is 3.62. The van der Waals surface area contributed by atoms with Crippen LogP contribution in [0.1, 0.15) is 0 Å². The normalized spacial score (nSPS) is 11.7. The fourth-order valence-electron chi connectivity index (χ4n) is 2.86. The van der Waals surface area contributed by atoms with Crippen molar-refractivity contribution in [2.24, 2.45) is 0 Å². The summed E-state index contributed by atoms with van der Waals surface area (Å²) < 4.78 is 25.2. The van der Waals surface area contributed by atoms with Crippen LogP contribution in [0.2, 0.25) is 0 Å². The second-order valence-corrected chi connectivity index (χ2v) is 7.81. The van der Waals surface area contributed by atoms with Gasteiger partial charge < -0.3 is 0 Å². The molecule has 4 rings (SSSR count). The highest BCUT2D eigenvalue weighted by atomic mass is 32.2. The van der Waals surface area contributed by atoms with Crippen molar-refractivity contribution in [1.29, 1.82) is 0 Å². The number of hydrogen-bond donors (Lipinski definition) is 0.